The van der Waals surface area contributed by atoms with Gasteiger partial charge >= 0.3 is 5.97 Å². The first-order valence-electron chi connectivity index (χ1n) is 10.8. The predicted octanol–water partition coefficient (Wildman–Crippen LogP) is 5.39. The molecule has 2 heterocycles. The summed E-state index contributed by atoms with van der Waals surface area (Å²) in [5.41, 5.74) is 3.47. The molecule has 0 saturated heterocycles. The van der Waals surface area contributed by atoms with Gasteiger partial charge in [0.2, 0.25) is 0 Å². The Morgan fingerprint density at radius 1 is 0.676 bits per heavy atom. The van der Waals surface area contributed by atoms with Crippen molar-refractivity contribution >= 4 is 12.0 Å². The summed E-state index contributed by atoms with van der Waals surface area (Å²) in [5.74, 6) is 1.05. The Hall–Kier alpha value is -4.45. The summed E-state index contributed by atoms with van der Waals surface area (Å²) >= 11 is 0. The monoisotopic (exact) mass is 452 g/mol. The van der Waals surface area contributed by atoms with Crippen LogP contribution in [0.2, 0.25) is 0 Å². The van der Waals surface area contributed by atoms with E-state index in [1.54, 1.807) is 18.5 Å². The van der Waals surface area contributed by atoms with E-state index in [9.17, 15) is 4.79 Å². The van der Waals surface area contributed by atoms with Crippen molar-refractivity contribution in [3.8, 4) is 11.5 Å². The van der Waals surface area contributed by atoms with Crippen LogP contribution >= 0.6 is 0 Å². The van der Waals surface area contributed by atoms with Crippen LogP contribution < -0.4 is 9.47 Å². The highest BCUT2D eigenvalue weighted by molar-refractivity contribution is 5.87. The standard InChI is InChI=1S/C28H24N2O4/c31-28(16-11-22-7-12-26(13-8-22)32-20-24-5-1-3-17-29-24)34-19-23-9-14-27(15-10-23)33-21-25-6-2-4-18-30-25/h1-18H,19-21H2/b16-11+. The zero-order chi connectivity index (χ0) is 23.4. The van der Waals surface area contributed by atoms with Crippen molar-refractivity contribution in [3.05, 3.63) is 126 Å². The average molecular weight is 453 g/mol. The lowest BCUT2D eigenvalue weighted by Gasteiger charge is -2.07. The van der Waals surface area contributed by atoms with Crippen LogP contribution in [0, 0.1) is 0 Å². The number of pyridine rings is 2. The van der Waals surface area contributed by atoms with Crippen LogP contribution in [0.1, 0.15) is 22.5 Å². The van der Waals surface area contributed by atoms with Gasteiger partial charge in [-0.1, -0.05) is 36.4 Å². The number of carbonyl (C=O) groups excluding carboxylic acids is 1. The largest absolute Gasteiger partial charge is 0.487 e. The van der Waals surface area contributed by atoms with Crippen LogP contribution in [0.15, 0.2) is 103 Å². The van der Waals surface area contributed by atoms with Gasteiger partial charge in [0, 0.05) is 18.5 Å². The van der Waals surface area contributed by atoms with Gasteiger partial charge in [-0.25, -0.2) is 4.79 Å². The molecular weight excluding hydrogens is 428 g/mol. The van der Waals surface area contributed by atoms with Crippen LogP contribution in [0.25, 0.3) is 6.08 Å². The Kier molecular flexibility index (Phi) is 8.00. The number of benzene rings is 2. The quantitative estimate of drug-likeness (QED) is 0.237. The van der Waals surface area contributed by atoms with Gasteiger partial charge in [0.25, 0.3) is 0 Å². The number of esters is 1. The summed E-state index contributed by atoms with van der Waals surface area (Å²) in [7, 11) is 0. The van der Waals surface area contributed by atoms with E-state index in [0.29, 0.717) is 13.2 Å². The topological polar surface area (TPSA) is 70.5 Å². The fourth-order valence-electron chi connectivity index (χ4n) is 3.01. The highest BCUT2D eigenvalue weighted by Crippen LogP contribution is 2.16. The fraction of sp³-hybridized carbons (Fsp3) is 0.107. The van der Waals surface area contributed by atoms with Crippen LogP contribution in [0.5, 0.6) is 11.5 Å². The van der Waals surface area contributed by atoms with Crippen molar-refractivity contribution in [1.82, 2.24) is 9.97 Å². The number of hydrogen-bond donors (Lipinski definition) is 0. The second kappa shape index (κ2) is 12.0. The second-order valence-electron chi connectivity index (χ2n) is 7.37. The smallest absolute Gasteiger partial charge is 0.331 e. The third kappa shape index (κ3) is 7.31. The van der Waals surface area contributed by atoms with Gasteiger partial charge in [-0.3, -0.25) is 9.97 Å². The maximum atomic E-state index is 12.1. The van der Waals surface area contributed by atoms with Crippen LogP contribution in [0.3, 0.4) is 0 Å². The summed E-state index contributed by atoms with van der Waals surface area (Å²) in [6.45, 7) is 0.987. The van der Waals surface area contributed by atoms with E-state index in [1.165, 1.54) is 6.08 Å². The van der Waals surface area contributed by atoms with Crippen LogP contribution in [-0.2, 0) is 29.4 Å². The average Bonchev–Trinajstić information content (AvgIpc) is 2.91. The molecule has 0 fully saturated rings. The van der Waals surface area contributed by atoms with E-state index in [1.807, 2.05) is 84.9 Å². The van der Waals surface area contributed by atoms with Gasteiger partial charge in [0.15, 0.2) is 0 Å². The molecule has 0 bridgehead atoms. The van der Waals surface area contributed by atoms with Gasteiger partial charge < -0.3 is 14.2 Å². The fourth-order valence-corrected chi connectivity index (χ4v) is 3.01. The third-order valence-electron chi connectivity index (χ3n) is 4.82. The Labute approximate surface area is 198 Å². The second-order valence-corrected chi connectivity index (χ2v) is 7.37. The molecule has 0 N–H and O–H groups in total. The maximum Gasteiger partial charge on any atom is 0.331 e. The SMILES string of the molecule is O=C(/C=C/c1ccc(OCc2ccccn2)cc1)OCc1ccc(OCc2ccccn2)cc1. The van der Waals surface area contributed by atoms with E-state index in [-0.39, 0.29) is 6.61 Å². The Morgan fingerprint density at radius 2 is 1.24 bits per heavy atom. The predicted molar refractivity (Wildman–Crippen MR) is 129 cm³/mol. The lowest BCUT2D eigenvalue weighted by Crippen LogP contribution is -2.01. The van der Waals surface area contributed by atoms with E-state index >= 15 is 0 Å². The van der Waals surface area contributed by atoms with E-state index < -0.39 is 5.97 Å². The zero-order valence-corrected chi connectivity index (χ0v) is 18.5. The van der Waals surface area contributed by atoms with Gasteiger partial charge in [-0.15, -0.1) is 0 Å². The Bertz CT molecular complexity index is 1190. The normalized spacial score (nSPS) is 10.7. The van der Waals surface area contributed by atoms with E-state index in [4.69, 9.17) is 14.2 Å². The van der Waals surface area contributed by atoms with Crippen molar-refractivity contribution in [3.63, 3.8) is 0 Å². The molecule has 0 spiro atoms. The molecule has 0 saturated carbocycles. The molecule has 170 valence electrons. The van der Waals surface area contributed by atoms with Crippen LogP contribution in [0.4, 0.5) is 0 Å². The summed E-state index contributed by atoms with van der Waals surface area (Å²) in [6, 6.07) is 26.3. The third-order valence-corrected chi connectivity index (χ3v) is 4.82. The molecular formula is C28H24N2O4. The molecule has 0 aliphatic carbocycles. The highest BCUT2D eigenvalue weighted by atomic mass is 16.5. The van der Waals surface area contributed by atoms with Gasteiger partial charge in [-0.2, -0.15) is 0 Å². The number of aromatic nitrogens is 2. The summed E-state index contributed by atoms with van der Waals surface area (Å²) in [4.78, 5) is 20.5. The van der Waals surface area contributed by atoms with Gasteiger partial charge in [0.05, 0.1) is 11.4 Å². The molecule has 4 rings (SSSR count). The van der Waals surface area contributed by atoms with Gasteiger partial charge in [-0.05, 0) is 65.7 Å². The molecule has 0 amide bonds. The molecule has 6 nitrogen and oxygen atoms in total. The first-order chi connectivity index (χ1) is 16.7. The van der Waals surface area contributed by atoms with Crippen molar-refractivity contribution in [2.45, 2.75) is 19.8 Å². The number of hydrogen-bond acceptors (Lipinski definition) is 6. The number of carbonyl (C=O) groups is 1. The maximum absolute atomic E-state index is 12.1. The molecule has 34 heavy (non-hydrogen) atoms. The minimum atomic E-state index is -0.411. The summed E-state index contributed by atoms with van der Waals surface area (Å²) in [5, 5.41) is 0. The molecule has 0 atom stereocenters. The lowest BCUT2D eigenvalue weighted by atomic mass is 10.2. The molecule has 0 aliphatic heterocycles. The Morgan fingerprint density at radius 3 is 1.76 bits per heavy atom. The van der Waals surface area contributed by atoms with E-state index in [2.05, 4.69) is 9.97 Å². The molecule has 2 aromatic carbocycles. The van der Waals surface area contributed by atoms with Crippen LogP contribution in [-0.4, -0.2) is 15.9 Å². The summed E-state index contributed by atoms with van der Waals surface area (Å²) in [6.07, 6.45) is 6.59. The summed E-state index contributed by atoms with van der Waals surface area (Å²) < 4.78 is 16.8. The van der Waals surface area contributed by atoms with Gasteiger partial charge in [0.1, 0.15) is 31.3 Å². The Balaban J connectivity index is 1.19. The van der Waals surface area contributed by atoms with Crippen molar-refractivity contribution in [1.29, 1.82) is 0 Å². The first kappa shape index (κ1) is 22.7. The zero-order valence-electron chi connectivity index (χ0n) is 18.5. The number of nitrogens with zero attached hydrogens (tertiary/aromatic N) is 2. The van der Waals surface area contributed by atoms with Crippen molar-refractivity contribution in [2.24, 2.45) is 0 Å². The van der Waals surface area contributed by atoms with Crippen molar-refractivity contribution < 1.29 is 19.0 Å². The first-order valence-corrected chi connectivity index (χ1v) is 10.8. The molecule has 4 aromatic rings. The lowest BCUT2D eigenvalue weighted by molar-refractivity contribution is -0.138. The molecule has 0 radical (unpaired) electrons. The number of ether oxygens (including phenoxy) is 3. The highest BCUT2D eigenvalue weighted by Gasteiger charge is 2.02. The molecule has 0 aliphatic rings. The minimum Gasteiger partial charge on any atom is -0.487 e. The number of rotatable bonds is 10. The van der Waals surface area contributed by atoms with Crippen molar-refractivity contribution in [2.75, 3.05) is 0 Å². The molecule has 6 heteroatoms. The van der Waals surface area contributed by atoms with E-state index in [0.717, 1.165) is 34.0 Å². The molecule has 2 aromatic heterocycles. The molecule has 0 unspecified atom stereocenters. The minimum absolute atomic E-state index is 0.185.